The number of amides is 3. The number of rotatable bonds is 10. The van der Waals surface area contributed by atoms with Crippen molar-refractivity contribution in [2.24, 2.45) is 0 Å². The predicted octanol–water partition coefficient (Wildman–Crippen LogP) is 5.94. The predicted molar refractivity (Wildman–Crippen MR) is 167 cm³/mol. The van der Waals surface area contributed by atoms with Crippen molar-refractivity contribution < 1.29 is 23.9 Å². The van der Waals surface area contributed by atoms with Gasteiger partial charge >= 0.3 is 12.2 Å². The van der Waals surface area contributed by atoms with Gasteiger partial charge in [-0.05, 0) is 69.0 Å². The second-order valence-corrected chi connectivity index (χ2v) is 11.1. The Balaban J connectivity index is 1.50. The Labute approximate surface area is 252 Å². The molecule has 43 heavy (non-hydrogen) atoms. The molecule has 9 heteroatoms. The summed E-state index contributed by atoms with van der Waals surface area (Å²) < 4.78 is 10.7. The van der Waals surface area contributed by atoms with Gasteiger partial charge in [0.25, 0.3) is 0 Å². The molecular weight excluding hydrogens is 544 g/mol. The molecule has 1 unspecified atom stereocenters. The van der Waals surface area contributed by atoms with Gasteiger partial charge in [0.1, 0.15) is 17.4 Å². The highest BCUT2D eigenvalue weighted by Gasteiger charge is 2.27. The van der Waals surface area contributed by atoms with Crippen molar-refractivity contribution in [3.63, 3.8) is 0 Å². The van der Waals surface area contributed by atoms with Gasteiger partial charge < -0.3 is 25.4 Å². The van der Waals surface area contributed by atoms with E-state index < -0.39 is 23.8 Å². The number of alkyl carbamates (subject to hydrolysis) is 1. The van der Waals surface area contributed by atoms with Crippen molar-refractivity contribution >= 4 is 29.0 Å². The number of hydrogen-bond donors (Lipinski definition) is 3. The molecule has 9 nitrogen and oxygen atoms in total. The zero-order valence-corrected chi connectivity index (χ0v) is 25.0. The van der Waals surface area contributed by atoms with Crippen LogP contribution in [0.5, 0.6) is 5.75 Å². The maximum atomic E-state index is 13.5. The van der Waals surface area contributed by atoms with Crippen molar-refractivity contribution in [1.82, 2.24) is 20.9 Å². The van der Waals surface area contributed by atoms with Gasteiger partial charge in [0.05, 0.1) is 5.52 Å². The number of hydrogen-bond acceptors (Lipinski definition) is 6. The summed E-state index contributed by atoms with van der Waals surface area (Å²) >= 11 is 0. The largest absolute Gasteiger partial charge is 0.444 e. The maximum Gasteiger partial charge on any atom is 0.412 e. The standard InChI is InChI=1S/C34H38N4O5/c1-23-27(30(24-14-7-5-8-15-24)26-18-11-12-19-28(26)37-23)22-29(38-33(41)43-34(2,3)4)31(39)35-20-13-21-36-32(40)42-25-16-9-6-10-17-25/h5-12,14-19,29H,13,20-22H2,1-4H3,(H,35,39)(H,36,40)(H,38,41). The molecule has 1 heterocycles. The van der Waals surface area contributed by atoms with Crippen LogP contribution < -0.4 is 20.7 Å². The third kappa shape index (κ3) is 9.03. The van der Waals surface area contributed by atoms with Gasteiger partial charge in [0.15, 0.2) is 0 Å². The Hall–Kier alpha value is -4.92. The Kier molecular flexibility index (Phi) is 10.3. The molecule has 1 aromatic heterocycles. The fourth-order valence-corrected chi connectivity index (χ4v) is 4.67. The smallest absolute Gasteiger partial charge is 0.412 e. The van der Waals surface area contributed by atoms with Gasteiger partial charge in [-0.15, -0.1) is 0 Å². The van der Waals surface area contributed by atoms with E-state index in [1.165, 1.54) is 0 Å². The van der Waals surface area contributed by atoms with E-state index in [9.17, 15) is 14.4 Å². The molecular formula is C34H38N4O5. The number of nitrogens with zero attached hydrogens (tertiary/aromatic N) is 1. The lowest BCUT2D eigenvalue weighted by molar-refractivity contribution is -0.123. The molecule has 0 aliphatic rings. The lowest BCUT2D eigenvalue weighted by Crippen LogP contribution is -2.49. The first-order chi connectivity index (χ1) is 20.6. The highest BCUT2D eigenvalue weighted by molar-refractivity contribution is 5.97. The number of carbonyl (C=O) groups excluding carboxylic acids is 3. The molecule has 0 saturated carbocycles. The molecule has 0 bridgehead atoms. The van der Waals surface area contributed by atoms with E-state index in [2.05, 4.69) is 16.0 Å². The van der Waals surface area contributed by atoms with E-state index in [1.807, 2.05) is 67.6 Å². The number of pyridine rings is 1. The minimum absolute atomic E-state index is 0.195. The number of carbonyl (C=O) groups is 3. The normalized spacial score (nSPS) is 11.8. The van der Waals surface area contributed by atoms with Crippen LogP contribution in [0.2, 0.25) is 0 Å². The third-order valence-corrected chi connectivity index (χ3v) is 6.55. The van der Waals surface area contributed by atoms with Crippen LogP contribution in [-0.4, -0.2) is 47.8 Å². The highest BCUT2D eigenvalue weighted by atomic mass is 16.6. The highest BCUT2D eigenvalue weighted by Crippen LogP contribution is 2.33. The summed E-state index contributed by atoms with van der Waals surface area (Å²) in [6.45, 7) is 7.78. The summed E-state index contributed by atoms with van der Waals surface area (Å²) in [5.41, 5.74) is 3.69. The van der Waals surface area contributed by atoms with Gasteiger partial charge in [-0.25, -0.2) is 9.59 Å². The molecule has 0 saturated heterocycles. The average molecular weight is 583 g/mol. The summed E-state index contributed by atoms with van der Waals surface area (Å²) in [6.07, 6.45) is -0.610. The summed E-state index contributed by atoms with van der Waals surface area (Å²) in [7, 11) is 0. The number of nitrogens with one attached hydrogen (secondary N) is 3. The number of benzene rings is 3. The minimum atomic E-state index is -0.935. The molecule has 4 aromatic rings. The van der Waals surface area contributed by atoms with Crippen molar-refractivity contribution in [2.45, 2.75) is 52.2 Å². The second-order valence-electron chi connectivity index (χ2n) is 11.1. The SMILES string of the molecule is Cc1nc2ccccc2c(-c2ccccc2)c1CC(NC(=O)OC(C)(C)C)C(=O)NCCCNC(=O)Oc1ccccc1. The van der Waals surface area contributed by atoms with Gasteiger partial charge in [-0.1, -0.05) is 66.7 Å². The molecule has 3 N–H and O–H groups in total. The van der Waals surface area contributed by atoms with E-state index in [0.717, 1.165) is 33.3 Å². The van der Waals surface area contributed by atoms with Gasteiger partial charge in [-0.3, -0.25) is 9.78 Å². The average Bonchev–Trinajstić information content (AvgIpc) is 2.96. The Bertz CT molecular complexity index is 1550. The number of ether oxygens (including phenoxy) is 2. The third-order valence-electron chi connectivity index (χ3n) is 6.55. The molecule has 0 aliphatic carbocycles. The fraction of sp³-hybridized carbons (Fsp3) is 0.294. The molecule has 0 radical (unpaired) electrons. The van der Waals surface area contributed by atoms with Crippen LogP contribution in [0, 0.1) is 6.92 Å². The summed E-state index contributed by atoms with van der Waals surface area (Å²) in [5.74, 6) is 0.0713. The van der Waals surface area contributed by atoms with E-state index >= 15 is 0 Å². The summed E-state index contributed by atoms with van der Waals surface area (Å²) in [4.78, 5) is 43.2. The molecule has 3 amide bonds. The molecule has 4 rings (SSSR count). The molecule has 0 fully saturated rings. The number of para-hydroxylation sites is 2. The van der Waals surface area contributed by atoms with Crippen LogP contribution in [0.15, 0.2) is 84.9 Å². The quantitative estimate of drug-likeness (QED) is 0.199. The van der Waals surface area contributed by atoms with Crippen LogP contribution >= 0.6 is 0 Å². The summed E-state index contributed by atoms with van der Waals surface area (Å²) in [5, 5.41) is 9.29. The van der Waals surface area contributed by atoms with E-state index in [4.69, 9.17) is 14.5 Å². The lowest BCUT2D eigenvalue weighted by Gasteiger charge is -2.25. The van der Waals surface area contributed by atoms with E-state index in [-0.39, 0.29) is 18.9 Å². The molecule has 0 aliphatic heterocycles. The zero-order chi connectivity index (χ0) is 30.8. The van der Waals surface area contributed by atoms with Crippen LogP contribution in [0.1, 0.15) is 38.4 Å². The number of aromatic nitrogens is 1. The number of fused-ring (bicyclic) bond motifs is 1. The lowest BCUT2D eigenvalue weighted by atomic mass is 9.90. The van der Waals surface area contributed by atoms with Crippen molar-refractivity contribution in [3.05, 3.63) is 96.2 Å². The first-order valence-corrected chi connectivity index (χ1v) is 14.3. The molecule has 3 aromatic carbocycles. The van der Waals surface area contributed by atoms with Crippen LogP contribution in [0.3, 0.4) is 0 Å². The second kappa shape index (κ2) is 14.3. The molecule has 1 atom stereocenters. The maximum absolute atomic E-state index is 13.5. The zero-order valence-electron chi connectivity index (χ0n) is 25.0. The van der Waals surface area contributed by atoms with Gasteiger partial charge in [-0.2, -0.15) is 0 Å². The van der Waals surface area contributed by atoms with Crippen LogP contribution in [-0.2, 0) is 16.0 Å². The fourth-order valence-electron chi connectivity index (χ4n) is 4.67. The number of aryl methyl sites for hydroxylation is 1. The van der Waals surface area contributed by atoms with Gasteiger partial charge in [0, 0.05) is 30.6 Å². The van der Waals surface area contributed by atoms with E-state index in [0.29, 0.717) is 18.7 Å². The Morgan fingerprint density at radius 3 is 2.14 bits per heavy atom. The first kappa shape index (κ1) is 31.0. The van der Waals surface area contributed by atoms with Crippen molar-refractivity contribution in [1.29, 1.82) is 0 Å². The monoisotopic (exact) mass is 582 g/mol. The van der Waals surface area contributed by atoms with Gasteiger partial charge in [0.2, 0.25) is 5.91 Å². The molecule has 224 valence electrons. The first-order valence-electron chi connectivity index (χ1n) is 14.3. The minimum Gasteiger partial charge on any atom is -0.444 e. The van der Waals surface area contributed by atoms with E-state index in [1.54, 1.807) is 45.0 Å². The Morgan fingerprint density at radius 1 is 0.814 bits per heavy atom. The van der Waals surface area contributed by atoms with Crippen LogP contribution in [0.4, 0.5) is 9.59 Å². The van der Waals surface area contributed by atoms with Crippen LogP contribution in [0.25, 0.3) is 22.0 Å². The van der Waals surface area contributed by atoms with Crippen molar-refractivity contribution in [2.75, 3.05) is 13.1 Å². The summed E-state index contributed by atoms with van der Waals surface area (Å²) in [6, 6.07) is 25.6. The molecule has 0 spiro atoms. The topological polar surface area (TPSA) is 119 Å². The Morgan fingerprint density at radius 2 is 1.44 bits per heavy atom. The van der Waals surface area contributed by atoms with Crippen molar-refractivity contribution in [3.8, 4) is 16.9 Å².